The van der Waals surface area contributed by atoms with E-state index in [0.717, 1.165) is 12.1 Å². The maximum absolute atomic E-state index is 12.8. The minimum absolute atomic E-state index is 0.0844. The molecule has 0 heterocycles. The SMILES string of the molecule is O=C(Nc1cc(C(F)(F)F)cc(C(F)(F)F)c1)C(=O)Nc1cc(Cl)ccc1O. The first-order valence-corrected chi connectivity index (χ1v) is 7.55. The normalized spacial score (nSPS) is 11.8. The van der Waals surface area contributed by atoms with Gasteiger partial charge < -0.3 is 15.7 Å². The lowest BCUT2D eigenvalue weighted by Crippen LogP contribution is -2.29. The highest BCUT2D eigenvalue weighted by Gasteiger charge is 2.37. The second-order valence-corrected chi connectivity index (χ2v) is 5.80. The van der Waals surface area contributed by atoms with Crippen molar-refractivity contribution in [2.75, 3.05) is 10.6 Å². The molecule has 0 unspecified atom stereocenters. The smallest absolute Gasteiger partial charge is 0.416 e. The molecule has 2 aromatic rings. The summed E-state index contributed by atoms with van der Waals surface area (Å²) in [5.41, 5.74) is -4.50. The molecule has 0 saturated heterocycles. The molecule has 28 heavy (non-hydrogen) atoms. The average molecular weight is 427 g/mol. The van der Waals surface area contributed by atoms with Gasteiger partial charge in [-0.3, -0.25) is 9.59 Å². The highest BCUT2D eigenvalue weighted by atomic mass is 35.5. The maximum Gasteiger partial charge on any atom is 0.416 e. The lowest BCUT2D eigenvalue weighted by molar-refractivity contribution is -0.143. The Morgan fingerprint density at radius 3 is 1.82 bits per heavy atom. The van der Waals surface area contributed by atoms with E-state index in [-0.39, 0.29) is 28.9 Å². The zero-order valence-electron chi connectivity index (χ0n) is 13.4. The van der Waals surface area contributed by atoms with Crippen molar-refractivity contribution in [2.45, 2.75) is 12.4 Å². The van der Waals surface area contributed by atoms with Crippen LogP contribution in [-0.2, 0) is 21.9 Å². The van der Waals surface area contributed by atoms with E-state index in [9.17, 15) is 41.0 Å². The van der Waals surface area contributed by atoms with E-state index in [1.807, 2.05) is 5.32 Å². The predicted octanol–water partition coefficient (Wildman–Crippen LogP) is 4.66. The summed E-state index contributed by atoms with van der Waals surface area (Å²) in [4.78, 5) is 23.7. The second-order valence-electron chi connectivity index (χ2n) is 5.36. The Kier molecular flexibility index (Phi) is 5.78. The molecule has 0 bridgehead atoms. The van der Waals surface area contributed by atoms with Crippen molar-refractivity contribution in [1.82, 2.24) is 0 Å². The second kappa shape index (κ2) is 7.58. The van der Waals surface area contributed by atoms with Gasteiger partial charge in [-0.15, -0.1) is 0 Å². The third-order valence-corrected chi connectivity index (χ3v) is 3.49. The summed E-state index contributed by atoms with van der Waals surface area (Å²) in [6, 6.07) is 3.81. The van der Waals surface area contributed by atoms with Crippen LogP contribution >= 0.6 is 11.6 Å². The van der Waals surface area contributed by atoms with Gasteiger partial charge in [0.15, 0.2) is 0 Å². The van der Waals surface area contributed by atoms with E-state index in [1.54, 1.807) is 5.32 Å². The number of phenols is 1. The fraction of sp³-hybridized carbons (Fsp3) is 0.125. The summed E-state index contributed by atoms with van der Waals surface area (Å²) in [7, 11) is 0. The van der Waals surface area contributed by atoms with E-state index in [1.165, 1.54) is 6.07 Å². The monoisotopic (exact) mass is 426 g/mol. The van der Waals surface area contributed by atoms with E-state index in [4.69, 9.17) is 11.6 Å². The molecule has 0 aliphatic heterocycles. The van der Waals surface area contributed by atoms with Crippen molar-refractivity contribution in [2.24, 2.45) is 0 Å². The number of phenolic OH excluding ortho intramolecular Hbond substituents is 1. The Labute approximate surface area is 157 Å². The molecular formula is C16H9ClF6N2O3. The summed E-state index contributed by atoms with van der Waals surface area (Å²) in [5.74, 6) is -3.49. The van der Waals surface area contributed by atoms with Gasteiger partial charge in [-0.25, -0.2) is 0 Å². The van der Waals surface area contributed by atoms with Crippen LogP contribution in [0.2, 0.25) is 5.02 Å². The third kappa shape index (κ3) is 5.28. The molecule has 0 fully saturated rings. The van der Waals surface area contributed by atoms with Crippen LogP contribution < -0.4 is 10.6 Å². The highest BCUT2D eigenvalue weighted by molar-refractivity contribution is 6.44. The average Bonchev–Trinajstić information content (AvgIpc) is 2.56. The molecular weight excluding hydrogens is 418 g/mol. The van der Waals surface area contributed by atoms with Crippen LogP contribution in [0.3, 0.4) is 0 Å². The van der Waals surface area contributed by atoms with E-state index in [2.05, 4.69) is 0 Å². The quantitative estimate of drug-likeness (QED) is 0.371. The largest absolute Gasteiger partial charge is 0.506 e. The molecule has 5 nitrogen and oxygen atoms in total. The first kappa shape index (κ1) is 21.4. The molecule has 0 atom stereocenters. The lowest BCUT2D eigenvalue weighted by Gasteiger charge is -2.14. The molecule has 0 aromatic heterocycles. The predicted molar refractivity (Wildman–Crippen MR) is 86.8 cm³/mol. The molecule has 0 aliphatic rings. The van der Waals surface area contributed by atoms with Gasteiger partial charge in [-0.2, -0.15) is 26.3 Å². The Hall–Kier alpha value is -2.95. The number of carbonyl (C=O) groups excluding carboxylic acids is 2. The Morgan fingerprint density at radius 2 is 1.32 bits per heavy atom. The van der Waals surface area contributed by atoms with Crippen LogP contribution in [0.4, 0.5) is 37.7 Å². The number of nitrogens with one attached hydrogen (secondary N) is 2. The topological polar surface area (TPSA) is 78.4 Å². The number of hydrogen-bond acceptors (Lipinski definition) is 3. The number of aromatic hydroxyl groups is 1. The zero-order chi connectivity index (χ0) is 21.3. The molecule has 0 saturated carbocycles. The van der Waals surface area contributed by atoms with Gasteiger partial charge in [-0.05, 0) is 36.4 Å². The van der Waals surface area contributed by atoms with Gasteiger partial charge >= 0.3 is 24.2 Å². The van der Waals surface area contributed by atoms with E-state index in [0.29, 0.717) is 0 Å². The molecule has 0 spiro atoms. The van der Waals surface area contributed by atoms with Crippen molar-refractivity contribution in [3.05, 3.63) is 52.5 Å². The van der Waals surface area contributed by atoms with Crippen LogP contribution in [0.25, 0.3) is 0 Å². The van der Waals surface area contributed by atoms with Crippen molar-refractivity contribution < 1.29 is 41.0 Å². The first-order valence-electron chi connectivity index (χ1n) is 7.17. The summed E-state index contributed by atoms with van der Waals surface area (Å²) in [6.45, 7) is 0. The van der Waals surface area contributed by atoms with Crippen molar-refractivity contribution in [3.8, 4) is 5.75 Å². The van der Waals surface area contributed by atoms with E-state index < -0.39 is 46.7 Å². The summed E-state index contributed by atoms with van der Waals surface area (Å²) < 4.78 is 76.8. The van der Waals surface area contributed by atoms with Gasteiger partial charge in [0.05, 0.1) is 16.8 Å². The molecule has 12 heteroatoms. The van der Waals surface area contributed by atoms with Crippen molar-refractivity contribution in [3.63, 3.8) is 0 Å². The standard InChI is InChI=1S/C16H9ClF6N2O3/c17-9-1-2-12(26)11(6-9)25-14(28)13(27)24-10-4-7(15(18,19)20)3-8(5-10)16(21,22)23/h1-6,26H,(H,24,27)(H,25,28). The minimum Gasteiger partial charge on any atom is -0.506 e. The van der Waals surface area contributed by atoms with Crippen molar-refractivity contribution in [1.29, 1.82) is 0 Å². The number of carbonyl (C=O) groups is 2. The van der Waals surface area contributed by atoms with Gasteiger partial charge in [-0.1, -0.05) is 11.6 Å². The number of benzene rings is 2. The summed E-state index contributed by atoms with van der Waals surface area (Å²) in [6.07, 6.45) is -10.2. The van der Waals surface area contributed by atoms with Gasteiger partial charge in [0, 0.05) is 10.7 Å². The lowest BCUT2D eigenvalue weighted by atomic mass is 10.1. The summed E-state index contributed by atoms with van der Waals surface area (Å²) in [5, 5.41) is 13.2. The minimum atomic E-state index is -5.12. The molecule has 0 radical (unpaired) electrons. The van der Waals surface area contributed by atoms with Crippen LogP contribution in [0, 0.1) is 0 Å². The molecule has 2 aromatic carbocycles. The third-order valence-electron chi connectivity index (χ3n) is 3.26. The van der Waals surface area contributed by atoms with Crippen LogP contribution in [0.5, 0.6) is 5.75 Å². The summed E-state index contributed by atoms with van der Waals surface area (Å²) >= 11 is 5.65. The highest BCUT2D eigenvalue weighted by Crippen LogP contribution is 2.37. The zero-order valence-corrected chi connectivity index (χ0v) is 14.1. The van der Waals surface area contributed by atoms with E-state index >= 15 is 0 Å². The van der Waals surface area contributed by atoms with Crippen molar-refractivity contribution >= 4 is 34.8 Å². The number of anilines is 2. The van der Waals surface area contributed by atoms with Gasteiger partial charge in [0.25, 0.3) is 0 Å². The fourth-order valence-electron chi connectivity index (χ4n) is 2.00. The van der Waals surface area contributed by atoms with Gasteiger partial charge in [0.1, 0.15) is 5.75 Å². The number of alkyl halides is 6. The molecule has 0 aliphatic carbocycles. The Balaban J connectivity index is 2.27. The number of amides is 2. The number of hydrogen-bond donors (Lipinski definition) is 3. The molecule has 2 amide bonds. The fourth-order valence-corrected chi connectivity index (χ4v) is 2.17. The van der Waals surface area contributed by atoms with Crippen LogP contribution in [0.1, 0.15) is 11.1 Å². The van der Waals surface area contributed by atoms with Gasteiger partial charge in [0.2, 0.25) is 0 Å². The maximum atomic E-state index is 12.8. The molecule has 2 rings (SSSR count). The Bertz CT molecular complexity index is 895. The van der Waals surface area contributed by atoms with Crippen LogP contribution in [-0.4, -0.2) is 16.9 Å². The number of halogens is 7. The van der Waals surface area contributed by atoms with Crippen LogP contribution in [0.15, 0.2) is 36.4 Å². The first-order chi connectivity index (χ1) is 12.8. The molecule has 150 valence electrons. The number of rotatable bonds is 2. The molecule has 3 N–H and O–H groups in total. The Morgan fingerprint density at radius 1 is 0.821 bits per heavy atom.